The molecule has 17 heteroatoms. The number of ether oxygens (including phenoxy) is 4. The molecule has 4 rings (SSSR count). The van der Waals surface area contributed by atoms with Gasteiger partial charge < -0.3 is 18.9 Å². The first-order valence-electron chi connectivity index (χ1n) is 17.0. The third-order valence-corrected chi connectivity index (χ3v) is 7.15. The van der Waals surface area contributed by atoms with Gasteiger partial charge in [-0.05, 0) is 113 Å². The van der Waals surface area contributed by atoms with E-state index in [1.54, 1.807) is 90.0 Å². The van der Waals surface area contributed by atoms with E-state index in [9.17, 15) is 28.0 Å². The Labute approximate surface area is 327 Å². The number of hydrogen-bond donors (Lipinski definition) is 0. The SMILES string of the molecule is CC(C)(C)OC(=O)N(C(=O)OC(C)(C)C)c1ncnc2cc(F)c(CBr)cc12.Cc1cc2c(N(C(=O)OC(C)(C)C)C(=O)OC(C)(C)C)ncnc2cc1F. The van der Waals surface area contributed by atoms with Crippen molar-refractivity contribution in [1.29, 1.82) is 0 Å². The molecule has 2 aromatic carbocycles. The van der Waals surface area contributed by atoms with Crippen molar-refractivity contribution in [3.8, 4) is 0 Å². The number of imide groups is 2. The third-order valence-electron chi connectivity index (χ3n) is 6.55. The number of carbonyl (C=O) groups is 4. The predicted molar refractivity (Wildman–Crippen MR) is 206 cm³/mol. The molecule has 0 fully saturated rings. The molecule has 14 nitrogen and oxygen atoms in total. The zero-order valence-electron chi connectivity index (χ0n) is 33.3. The maximum atomic E-state index is 14.1. The van der Waals surface area contributed by atoms with E-state index in [-0.39, 0.29) is 28.0 Å². The van der Waals surface area contributed by atoms with Crippen LogP contribution in [0.15, 0.2) is 36.9 Å². The number of hydrogen-bond acceptors (Lipinski definition) is 12. The monoisotopic (exact) mass is 832 g/mol. The average Bonchev–Trinajstić information content (AvgIpc) is 2.98. The normalized spacial score (nSPS) is 12.0. The van der Waals surface area contributed by atoms with Crippen LogP contribution in [0.5, 0.6) is 0 Å². The summed E-state index contributed by atoms with van der Waals surface area (Å²) >= 11 is 3.22. The number of halogens is 3. The Morgan fingerprint density at radius 2 is 0.891 bits per heavy atom. The molecule has 0 unspecified atom stereocenters. The highest BCUT2D eigenvalue weighted by Crippen LogP contribution is 2.31. The third kappa shape index (κ3) is 12.5. The van der Waals surface area contributed by atoms with Crippen LogP contribution < -0.4 is 9.80 Å². The first-order chi connectivity index (χ1) is 25.1. The molecule has 0 spiro atoms. The van der Waals surface area contributed by atoms with E-state index >= 15 is 0 Å². The van der Waals surface area contributed by atoms with E-state index in [1.807, 2.05) is 0 Å². The van der Waals surface area contributed by atoms with Gasteiger partial charge in [0.05, 0.1) is 11.0 Å². The zero-order chi connectivity index (χ0) is 41.8. The van der Waals surface area contributed by atoms with Gasteiger partial charge in [0.15, 0.2) is 11.6 Å². The lowest BCUT2D eigenvalue weighted by molar-refractivity contribution is 0.0407. The van der Waals surface area contributed by atoms with E-state index in [0.717, 1.165) is 12.7 Å². The van der Waals surface area contributed by atoms with Crippen LogP contribution in [-0.4, -0.2) is 66.7 Å². The summed E-state index contributed by atoms with van der Waals surface area (Å²) in [5.41, 5.74) is -2.25. The van der Waals surface area contributed by atoms with E-state index in [0.29, 0.717) is 31.7 Å². The molecule has 0 aliphatic heterocycles. The Morgan fingerprint density at radius 3 is 1.22 bits per heavy atom. The summed E-state index contributed by atoms with van der Waals surface area (Å²) in [5, 5.41) is 0.880. The highest BCUT2D eigenvalue weighted by molar-refractivity contribution is 9.08. The van der Waals surface area contributed by atoms with Gasteiger partial charge in [-0.1, -0.05) is 15.9 Å². The second-order valence-electron chi connectivity index (χ2n) is 16.2. The quantitative estimate of drug-likeness (QED) is 0.142. The number of aryl methyl sites for hydroxylation is 1. The topological polar surface area (TPSA) is 163 Å². The summed E-state index contributed by atoms with van der Waals surface area (Å²) in [7, 11) is 0. The summed E-state index contributed by atoms with van der Waals surface area (Å²) in [6.45, 7) is 21.7. The Hall–Kier alpha value is -5.06. The van der Waals surface area contributed by atoms with Crippen molar-refractivity contribution in [1.82, 2.24) is 19.9 Å². The highest BCUT2D eigenvalue weighted by Gasteiger charge is 2.36. The number of rotatable bonds is 3. The molecule has 0 bridgehead atoms. The lowest BCUT2D eigenvalue weighted by Crippen LogP contribution is -2.44. The maximum Gasteiger partial charge on any atom is 0.425 e. The van der Waals surface area contributed by atoms with Crippen molar-refractivity contribution in [2.24, 2.45) is 0 Å². The van der Waals surface area contributed by atoms with Gasteiger partial charge in [-0.3, -0.25) is 0 Å². The molecule has 2 aromatic heterocycles. The zero-order valence-corrected chi connectivity index (χ0v) is 34.8. The van der Waals surface area contributed by atoms with E-state index in [4.69, 9.17) is 18.9 Å². The summed E-state index contributed by atoms with van der Waals surface area (Å²) in [5.74, 6) is -0.995. The number of carbonyl (C=O) groups excluding carboxylic acids is 4. The molecule has 4 aromatic rings. The Bertz CT molecular complexity index is 2030. The van der Waals surface area contributed by atoms with Crippen molar-refractivity contribution in [3.05, 3.63) is 59.7 Å². The van der Waals surface area contributed by atoms with Crippen LogP contribution in [0.3, 0.4) is 0 Å². The molecule has 0 atom stereocenters. The van der Waals surface area contributed by atoms with Crippen molar-refractivity contribution >= 4 is 73.7 Å². The minimum absolute atomic E-state index is 0.0356. The molecule has 298 valence electrons. The first-order valence-corrected chi connectivity index (χ1v) is 18.1. The number of benzene rings is 2. The minimum atomic E-state index is -0.952. The Balaban J connectivity index is 0.000000296. The van der Waals surface area contributed by atoms with Gasteiger partial charge in [0.25, 0.3) is 0 Å². The average molecular weight is 834 g/mol. The second-order valence-corrected chi connectivity index (χ2v) is 16.8. The highest BCUT2D eigenvalue weighted by atomic mass is 79.9. The van der Waals surface area contributed by atoms with Crippen LogP contribution in [0.1, 0.15) is 94.2 Å². The summed E-state index contributed by atoms with van der Waals surface area (Å²) in [6.07, 6.45) is -1.50. The van der Waals surface area contributed by atoms with Gasteiger partial charge in [-0.25, -0.2) is 47.9 Å². The fourth-order valence-corrected chi connectivity index (χ4v) is 4.89. The largest absolute Gasteiger partial charge is 0.443 e. The molecular formula is C38H47BrF2N6O8. The Morgan fingerprint density at radius 1 is 0.564 bits per heavy atom. The lowest BCUT2D eigenvalue weighted by atomic mass is 10.1. The molecular weight excluding hydrogens is 786 g/mol. The smallest absolute Gasteiger partial charge is 0.425 e. The van der Waals surface area contributed by atoms with Gasteiger partial charge in [-0.15, -0.1) is 0 Å². The molecule has 55 heavy (non-hydrogen) atoms. The summed E-state index contributed by atoms with van der Waals surface area (Å²) < 4.78 is 49.4. The molecule has 0 saturated heterocycles. The number of anilines is 2. The lowest BCUT2D eigenvalue weighted by Gasteiger charge is -2.28. The molecule has 4 amide bonds. The second kappa shape index (κ2) is 16.8. The van der Waals surface area contributed by atoms with Gasteiger partial charge in [0, 0.05) is 28.2 Å². The molecule has 0 aliphatic rings. The summed E-state index contributed by atoms with van der Waals surface area (Å²) in [4.78, 5) is 68.7. The van der Waals surface area contributed by atoms with Crippen LogP contribution in [0.25, 0.3) is 21.8 Å². The maximum absolute atomic E-state index is 14.1. The summed E-state index contributed by atoms with van der Waals surface area (Å²) in [6, 6.07) is 5.40. The van der Waals surface area contributed by atoms with Crippen molar-refractivity contribution in [2.45, 2.75) is 118 Å². The van der Waals surface area contributed by atoms with Crippen LogP contribution >= 0.6 is 15.9 Å². The number of alkyl halides is 1. The van der Waals surface area contributed by atoms with E-state index in [2.05, 4.69) is 35.9 Å². The molecule has 0 aliphatic carbocycles. The predicted octanol–water partition coefficient (Wildman–Crippen LogP) is 10.1. The fraction of sp³-hybridized carbons (Fsp3) is 0.474. The van der Waals surface area contributed by atoms with Crippen LogP contribution in [0.4, 0.5) is 39.6 Å². The van der Waals surface area contributed by atoms with Gasteiger partial charge in [0.2, 0.25) is 0 Å². The fourth-order valence-electron chi connectivity index (χ4n) is 4.47. The van der Waals surface area contributed by atoms with Crippen LogP contribution in [0, 0.1) is 18.6 Å². The van der Waals surface area contributed by atoms with E-state index in [1.165, 1.54) is 24.3 Å². The molecule has 0 radical (unpaired) electrons. The molecule has 2 heterocycles. The van der Waals surface area contributed by atoms with Gasteiger partial charge in [0.1, 0.15) is 46.7 Å². The number of fused-ring (bicyclic) bond motifs is 2. The van der Waals surface area contributed by atoms with Crippen molar-refractivity contribution in [3.63, 3.8) is 0 Å². The van der Waals surface area contributed by atoms with Gasteiger partial charge >= 0.3 is 24.4 Å². The number of nitrogens with zero attached hydrogens (tertiary/aromatic N) is 6. The first kappa shape index (κ1) is 44.3. The standard InChI is InChI=1S/C19H23BrFN3O4.C19H24FN3O4/c1-18(2,3)27-16(25)24(17(26)28-19(4,5)6)15-12-7-11(9-20)13(21)8-14(12)22-10-23-15;1-11-8-12-14(9-13(11)20)21-10-22-15(12)23(16(24)26-18(2,3)4)17(25)27-19(5,6)7/h7-8,10H,9H2,1-6H3;8-10H,1-7H3. The van der Waals surface area contributed by atoms with Crippen molar-refractivity contribution in [2.75, 3.05) is 9.80 Å². The molecule has 0 N–H and O–H groups in total. The van der Waals surface area contributed by atoms with Crippen molar-refractivity contribution < 1.29 is 46.9 Å². The van der Waals surface area contributed by atoms with Gasteiger partial charge in [-0.2, -0.15) is 9.80 Å². The number of amides is 4. The van der Waals surface area contributed by atoms with Crippen LogP contribution in [-0.2, 0) is 24.3 Å². The Kier molecular flexibility index (Phi) is 13.5. The number of aromatic nitrogens is 4. The van der Waals surface area contributed by atoms with E-state index < -0.39 is 58.4 Å². The minimum Gasteiger partial charge on any atom is -0.443 e. The molecule has 0 saturated carbocycles. The van der Waals surface area contributed by atoms with Crippen LogP contribution in [0.2, 0.25) is 0 Å².